The Morgan fingerprint density at radius 2 is 1.83 bits per heavy atom. The van der Waals surface area contributed by atoms with Gasteiger partial charge in [0.2, 0.25) is 0 Å². The molecular formula is C19H18N4O4S3. The topological polar surface area (TPSA) is 117 Å². The van der Waals surface area contributed by atoms with Gasteiger partial charge in [0.25, 0.3) is 21.8 Å². The highest BCUT2D eigenvalue weighted by Crippen LogP contribution is 2.22. The summed E-state index contributed by atoms with van der Waals surface area (Å²) in [6.07, 6.45) is 1.52. The third-order valence-electron chi connectivity index (χ3n) is 3.75. The van der Waals surface area contributed by atoms with Crippen LogP contribution < -0.4 is 15.6 Å². The van der Waals surface area contributed by atoms with Crippen molar-refractivity contribution in [2.24, 2.45) is 0 Å². The maximum atomic E-state index is 12.6. The van der Waals surface area contributed by atoms with Gasteiger partial charge in [-0.05, 0) is 41.5 Å². The van der Waals surface area contributed by atoms with Crippen LogP contribution in [0.5, 0.6) is 0 Å². The molecule has 0 spiro atoms. The first-order valence-electron chi connectivity index (χ1n) is 8.75. The van der Waals surface area contributed by atoms with Gasteiger partial charge in [-0.25, -0.2) is 13.4 Å². The summed E-state index contributed by atoms with van der Waals surface area (Å²) in [5.74, 6) is -0.363. The molecule has 0 atom stereocenters. The van der Waals surface area contributed by atoms with Crippen molar-refractivity contribution in [2.75, 3.05) is 10.5 Å². The Hall–Kier alpha value is -2.89. The number of hydrogen-bond acceptors (Lipinski definition) is 7. The van der Waals surface area contributed by atoms with Crippen molar-refractivity contribution in [3.05, 3.63) is 71.2 Å². The first-order chi connectivity index (χ1) is 14.4. The van der Waals surface area contributed by atoms with Crippen LogP contribution in [0.25, 0.3) is 0 Å². The molecule has 0 aliphatic carbocycles. The number of thiophene rings is 1. The number of pyridine rings is 1. The number of aromatic nitrogens is 1. The standard InChI is InChI=1S/C19H18N4O4S3/c1-2-28-16-12-13(9-10-20-16)18(24)21-22-19(25)14-6-3-4-7-15(14)23-30(26,27)17-8-5-11-29-17/h3-12,23H,2H2,1H3,(H,21,24)(H,22,25). The average Bonchev–Trinajstić information content (AvgIpc) is 3.28. The van der Waals surface area contributed by atoms with E-state index in [0.717, 1.165) is 17.1 Å². The van der Waals surface area contributed by atoms with Crippen molar-refractivity contribution in [3.63, 3.8) is 0 Å². The fraction of sp³-hybridized carbons (Fsp3) is 0.105. The summed E-state index contributed by atoms with van der Waals surface area (Å²) in [5, 5.41) is 2.34. The number of hydrogen-bond donors (Lipinski definition) is 3. The first kappa shape index (κ1) is 21.8. The Kier molecular flexibility index (Phi) is 7.08. The van der Waals surface area contributed by atoms with Crippen molar-refractivity contribution >= 4 is 50.6 Å². The predicted octanol–water partition coefficient (Wildman–Crippen LogP) is 3.13. The van der Waals surface area contributed by atoms with Crippen molar-refractivity contribution in [2.45, 2.75) is 16.2 Å². The summed E-state index contributed by atoms with van der Waals surface area (Å²) in [7, 11) is -3.82. The Morgan fingerprint density at radius 3 is 2.57 bits per heavy atom. The second-order valence-electron chi connectivity index (χ2n) is 5.81. The van der Waals surface area contributed by atoms with Crippen molar-refractivity contribution < 1.29 is 18.0 Å². The summed E-state index contributed by atoms with van der Waals surface area (Å²) in [6, 6.07) is 12.4. The van der Waals surface area contributed by atoms with E-state index in [9.17, 15) is 18.0 Å². The highest BCUT2D eigenvalue weighted by atomic mass is 32.2. The van der Waals surface area contributed by atoms with Gasteiger partial charge in [0.15, 0.2) is 0 Å². The van der Waals surface area contributed by atoms with Crippen molar-refractivity contribution in [1.82, 2.24) is 15.8 Å². The number of carbonyl (C=O) groups excluding carboxylic acids is 2. The molecule has 3 rings (SSSR count). The fourth-order valence-electron chi connectivity index (χ4n) is 2.41. The van der Waals surface area contributed by atoms with E-state index in [2.05, 4.69) is 20.6 Å². The van der Waals surface area contributed by atoms with E-state index in [4.69, 9.17) is 0 Å². The molecule has 3 N–H and O–H groups in total. The van der Waals surface area contributed by atoms with E-state index < -0.39 is 21.8 Å². The molecule has 2 heterocycles. The van der Waals surface area contributed by atoms with Crippen LogP contribution in [0.2, 0.25) is 0 Å². The maximum absolute atomic E-state index is 12.6. The van der Waals surface area contributed by atoms with Gasteiger partial charge in [0, 0.05) is 11.8 Å². The molecule has 0 bridgehead atoms. The molecule has 8 nitrogen and oxygen atoms in total. The number of amides is 2. The molecule has 0 saturated heterocycles. The van der Waals surface area contributed by atoms with Crippen LogP contribution >= 0.6 is 23.1 Å². The summed E-state index contributed by atoms with van der Waals surface area (Å²) in [5.41, 5.74) is 5.15. The van der Waals surface area contributed by atoms with Gasteiger partial charge in [-0.2, -0.15) is 0 Å². The van der Waals surface area contributed by atoms with E-state index >= 15 is 0 Å². The van der Waals surface area contributed by atoms with E-state index in [1.807, 2.05) is 6.92 Å². The van der Waals surface area contributed by atoms with Crippen LogP contribution in [0.1, 0.15) is 27.6 Å². The zero-order chi connectivity index (χ0) is 21.6. The largest absolute Gasteiger partial charge is 0.278 e. The lowest BCUT2D eigenvalue weighted by Gasteiger charge is -2.12. The third kappa shape index (κ3) is 5.38. The van der Waals surface area contributed by atoms with Crippen LogP contribution in [0.3, 0.4) is 0 Å². The quantitative estimate of drug-likeness (QED) is 0.367. The van der Waals surface area contributed by atoms with Crippen molar-refractivity contribution in [1.29, 1.82) is 0 Å². The van der Waals surface area contributed by atoms with Gasteiger partial charge in [0.1, 0.15) is 4.21 Å². The number of nitrogens with one attached hydrogen (secondary N) is 3. The number of hydrazine groups is 1. The summed E-state index contributed by atoms with van der Waals surface area (Å²) in [6.45, 7) is 1.98. The smallest absolute Gasteiger partial charge is 0.271 e. The predicted molar refractivity (Wildman–Crippen MR) is 117 cm³/mol. The number of carbonyl (C=O) groups is 2. The lowest BCUT2D eigenvalue weighted by molar-refractivity contribution is 0.0847. The van der Waals surface area contributed by atoms with Crippen LogP contribution in [-0.4, -0.2) is 31.0 Å². The molecule has 1 aromatic carbocycles. The number of anilines is 1. The SMILES string of the molecule is CCSc1cc(C(=O)NNC(=O)c2ccccc2NS(=O)(=O)c2cccs2)ccn1. The fourth-order valence-corrected chi connectivity index (χ4v) is 5.13. The maximum Gasteiger partial charge on any atom is 0.271 e. The van der Waals surface area contributed by atoms with Crippen LogP contribution in [0.15, 0.2) is 69.3 Å². The molecular weight excluding hydrogens is 444 g/mol. The molecule has 0 radical (unpaired) electrons. The molecule has 0 unspecified atom stereocenters. The number of rotatable bonds is 7. The lowest BCUT2D eigenvalue weighted by atomic mass is 10.2. The number of sulfonamides is 1. The monoisotopic (exact) mass is 462 g/mol. The van der Waals surface area contributed by atoms with Gasteiger partial charge in [0.05, 0.1) is 16.3 Å². The number of nitrogens with zero attached hydrogens (tertiary/aromatic N) is 1. The van der Waals surface area contributed by atoms with Gasteiger partial charge < -0.3 is 0 Å². The van der Waals surface area contributed by atoms with Gasteiger partial charge in [-0.3, -0.25) is 25.2 Å². The third-order valence-corrected chi connectivity index (χ3v) is 7.33. The molecule has 0 aliphatic heterocycles. The average molecular weight is 463 g/mol. The van der Waals surface area contributed by atoms with E-state index in [1.54, 1.807) is 29.6 Å². The lowest BCUT2D eigenvalue weighted by Crippen LogP contribution is -2.42. The van der Waals surface area contributed by atoms with Crippen LogP contribution in [0, 0.1) is 0 Å². The molecule has 2 amide bonds. The molecule has 0 aliphatic rings. The molecule has 3 aromatic rings. The minimum Gasteiger partial charge on any atom is -0.278 e. The second-order valence-corrected chi connectivity index (χ2v) is 9.95. The van der Waals surface area contributed by atoms with Gasteiger partial charge >= 0.3 is 0 Å². The van der Waals surface area contributed by atoms with Crippen LogP contribution in [0.4, 0.5) is 5.69 Å². The summed E-state index contributed by atoms with van der Waals surface area (Å²) < 4.78 is 27.5. The molecule has 0 fully saturated rings. The minimum atomic E-state index is -3.82. The van der Waals surface area contributed by atoms with E-state index in [1.165, 1.54) is 42.2 Å². The number of para-hydroxylation sites is 1. The Bertz CT molecular complexity index is 1150. The molecule has 30 heavy (non-hydrogen) atoms. The normalized spacial score (nSPS) is 11.0. The Balaban J connectivity index is 1.70. The molecule has 156 valence electrons. The van der Waals surface area contributed by atoms with Crippen molar-refractivity contribution in [3.8, 4) is 0 Å². The zero-order valence-electron chi connectivity index (χ0n) is 15.8. The second kappa shape index (κ2) is 9.74. The minimum absolute atomic E-state index is 0.0647. The summed E-state index contributed by atoms with van der Waals surface area (Å²) in [4.78, 5) is 29.1. The van der Waals surface area contributed by atoms with Gasteiger partial charge in [-0.15, -0.1) is 23.1 Å². The Morgan fingerprint density at radius 1 is 1.07 bits per heavy atom. The summed E-state index contributed by atoms with van der Waals surface area (Å²) >= 11 is 2.56. The van der Waals surface area contributed by atoms with Crippen LogP contribution in [-0.2, 0) is 10.0 Å². The molecule has 0 saturated carbocycles. The number of thioether (sulfide) groups is 1. The van der Waals surface area contributed by atoms with E-state index in [-0.39, 0.29) is 15.5 Å². The highest BCUT2D eigenvalue weighted by Gasteiger charge is 2.19. The number of benzene rings is 1. The van der Waals surface area contributed by atoms with Gasteiger partial charge in [-0.1, -0.05) is 25.1 Å². The first-order valence-corrected chi connectivity index (χ1v) is 12.1. The molecule has 2 aromatic heterocycles. The zero-order valence-corrected chi connectivity index (χ0v) is 18.2. The molecule has 11 heteroatoms. The van der Waals surface area contributed by atoms with E-state index in [0.29, 0.717) is 10.6 Å². The highest BCUT2D eigenvalue weighted by molar-refractivity contribution is 7.99. The Labute approximate surface area is 182 Å².